The number of aromatic nitrogens is 2. The smallest absolute Gasteiger partial charge is 0.227 e. The first-order valence-electron chi connectivity index (χ1n) is 10.4. The molecule has 0 spiro atoms. The first-order valence-corrected chi connectivity index (χ1v) is 10.4. The molecule has 1 aliphatic heterocycles. The summed E-state index contributed by atoms with van der Waals surface area (Å²) in [7, 11) is 0. The summed E-state index contributed by atoms with van der Waals surface area (Å²) < 4.78 is 5.82. The Kier molecular flexibility index (Phi) is 6.13. The molecule has 31 heavy (non-hydrogen) atoms. The molecule has 0 aliphatic carbocycles. The van der Waals surface area contributed by atoms with Crippen LogP contribution in [0.3, 0.4) is 0 Å². The van der Waals surface area contributed by atoms with Crippen molar-refractivity contribution < 1.29 is 9.53 Å². The van der Waals surface area contributed by atoms with E-state index in [1.54, 1.807) is 6.20 Å². The van der Waals surface area contributed by atoms with Gasteiger partial charge in [0.2, 0.25) is 11.9 Å². The highest BCUT2D eigenvalue weighted by atomic mass is 16.5. The summed E-state index contributed by atoms with van der Waals surface area (Å²) in [6, 6.07) is 17.7. The maximum absolute atomic E-state index is 11.2. The molecule has 7 heteroatoms. The predicted octanol–water partition coefficient (Wildman–Crippen LogP) is 4.46. The Labute approximate surface area is 182 Å². The highest BCUT2D eigenvalue weighted by Crippen LogP contribution is 2.25. The van der Waals surface area contributed by atoms with Gasteiger partial charge in [0.15, 0.2) is 0 Å². The van der Waals surface area contributed by atoms with E-state index in [-0.39, 0.29) is 18.1 Å². The van der Waals surface area contributed by atoms with Crippen molar-refractivity contribution in [3.63, 3.8) is 0 Å². The average molecular weight is 418 g/mol. The Hall–Kier alpha value is -3.45. The lowest BCUT2D eigenvalue weighted by molar-refractivity contribution is -0.114. The van der Waals surface area contributed by atoms with Gasteiger partial charge in [-0.2, -0.15) is 0 Å². The molecule has 160 valence electrons. The lowest BCUT2D eigenvalue weighted by atomic mass is 10.1. The van der Waals surface area contributed by atoms with Crippen LogP contribution in [0.25, 0.3) is 11.3 Å². The standard InChI is InChI=1S/C24H27N5O2/c1-16-14-29(15-17(2)31-16)22-10-8-21(9-11-22)27-24-25-13-12-23(28-24)19-4-6-20(7-5-19)26-18(3)30/h4-13,16-17H,14-15H2,1-3H3,(H,26,30)(H,25,27,28)/t16-,17+. The molecule has 0 bridgehead atoms. The third-order valence-electron chi connectivity index (χ3n) is 5.06. The van der Waals surface area contributed by atoms with E-state index in [0.29, 0.717) is 5.95 Å². The van der Waals surface area contributed by atoms with Crippen LogP contribution in [0.2, 0.25) is 0 Å². The fourth-order valence-electron chi connectivity index (χ4n) is 3.78. The topological polar surface area (TPSA) is 79.4 Å². The molecule has 1 saturated heterocycles. The summed E-state index contributed by atoms with van der Waals surface area (Å²) in [6.07, 6.45) is 2.19. The van der Waals surface area contributed by atoms with Crippen molar-refractivity contribution in [1.82, 2.24) is 9.97 Å². The van der Waals surface area contributed by atoms with Crippen LogP contribution >= 0.6 is 0 Å². The summed E-state index contributed by atoms with van der Waals surface area (Å²) in [5.41, 5.74) is 4.62. The van der Waals surface area contributed by atoms with Gasteiger partial charge in [-0.1, -0.05) is 12.1 Å². The molecule has 2 heterocycles. The summed E-state index contributed by atoms with van der Waals surface area (Å²) in [6.45, 7) is 7.49. The van der Waals surface area contributed by atoms with E-state index in [9.17, 15) is 4.79 Å². The van der Waals surface area contributed by atoms with E-state index < -0.39 is 0 Å². The molecule has 1 aliphatic rings. The molecular formula is C24H27N5O2. The normalized spacial score (nSPS) is 18.5. The molecule has 4 rings (SSSR count). The SMILES string of the molecule is CC(=O)Nc1ccc(-c2ccnc(Nc3ccc(N4C[C@@H](C)O[C@@H](C)C4)cc3)n2)cc1. The van der Waals surface area contributed by atoms with E-state index >= 15 is 0 Å². The maximum atomic E-state index is 11.2. The van der Waals surface area contributed by atoms with Crippen LogP contribution in [0.5, 0.6) is 0 Å². The second kappa shape index (κ2) is 9.14. The number of rotatable bonds is 5. The molecule has 2 atom stereocenters. The van der Waals surface area contributed by atoms with Gasteiger partial charge in [0, 0.05) is 48.8 Å². The highest BCUT2D eigenvalue weighted by Gasteiger charge is 2.22. The number of benzene rings is 2. The van der Waals surface area contributed by atoms with Gasteiger partial charge in [0.05, 0.1) is 17.9 Å². The summed E-state index contributed by atoms with van der Waals surface area (Å²) >= 11 is 0. The van der Waals surface area contributed by atoms with Gasteiger partial charge in [-0.05, 0) is 56.3 Å². The maximum Gasteiger partial charge on any atom is 0.227 e. The second-order valence-electron chi connectivity index (χ2n) is 7.86. The van der Waals surface area contributed by atoms with Gasteiger partial charge in [-0.15, -0.1) is 0 Å². The highest BCUT2D eigenvalue weighted by molar-refractivity contribution is 5.88. The number of morpholine rings is 1. The predicted molar refractivity (Wildman–Crippen MR) is 124 cm³/mol. The van der Waals surface area contributed by atoms with E-state index in [2.05, 4.69) is 51.5 Å². The molecule has 3 aromatic rings. The third-order valence-corrected chi connectivity index (χ3v) is 5.06. The van der Waals surface area contributed by atoms with Crippen LogP contribution < -0.4 is 15.5 Å². The zero-order valence-corrected chi connectivity index (χ0v) is 18.0. The first kappa shape index (κ1) is 20.8. The molecule has 2 N–H and O–H groups in total. The third kappa shape index (κ3) is 5.38. The zero-order valence-electron chi connectivity index (χ0n) is 18.0. The van der Waals surface area contributed by atoms with Crippen molar-refractivity contribution in [1.29, 1.82) is 0 Å². The van der Waals surface area contributed by atoms with Crippen LogP contribution in [0.4, 0.5) is 23.0 Å². The number of hydrogen-bond acceptors (Lipinski definition) is 6. The minimum atomic E-state index is -0.0927. The molecule has 1 aromatic heterocycles. The van der Waals surface area contributed by atoms with Crippen LogP contribution in [-0.2, 0) is 9.53 Å². The minimum absolute atomic E-state index is 0.0927. The minimum Gasteiger partial charge on any atom is -0.372 e. The summed E-state index contributed by atoms with van der Waals surface area (Å²) in [5.74, 6) is 0.440. The Morgan fingerprint density at radius 3 is 2.26 bits per heavy atom. The number of nitrogens with one attached hydrogen (secondary N) is 2. The summed E-state index contributed by atoms with van der Waals surface area (Å²) in [5, 5.41) is 6.04. The average Bonchev–Trinajstić information content (AvgIpc) is 2.74. The molecule has 0 radical (unpaired) electrons. The molecule has 1 fully saturated rings. The molecule has 0 unspecified atom stereocenters. The number of ether oxygens (including phenoxy) is 1. The zero-order chi connectivity index (χ0) is 21.8. The Bertz CT molecular complexity index is 1030. The molecular weight excluding hydrogens is 390 g/mol. The van der Waals surface area contributed by atoms with Crippen molar-refractivity contribution >= 4 is 28.9 Å². The number of nitrogens with zero attached hydrogens (tertiary/aromatic N) is 3. The molecule has 0 saturated carbocycles. The first-order chi connectivity index (χ1) is 15.0. The molecule has 1 amide bonds. The Balaban J connectivity index is 1.44. The molecule has 2 aromatic carbocycles. The fourth-order valence-corrected chi connectivity index (χ4v) is 3.78. The van der Waals surface area contributed by atoms with Crippen molar-refractivity contribution in [3.05, 3.63) is 60.8 Å². The number of carbonyl (C=O) groups excluding carboxylic acids is 1. The van der Waals surface area contributed by atoms with Gasteiger partial charge >= 0.3 is 0 Å². The van der Waals surface area contributed by atoms with Crippen molar-refractivity contribution in [2.24, 2.45) is 0 Å². The van der Waals surface area contributed by atoms with Gasteiger partial charge < -0.3 is 20.3 Å². The van der Waals surface area contributed by atoms with Crippen molar-refractivity contribution in [3.8, 4) is 11.3 Å². The number of carbonyl (C=O) groups is 1. The molecule has 7 nitrogen and oxygen atoms in total. The Morgan fingerprint density at radius 1 is 0.968 bits per heavy atom. The van der Waals surface area contributed by atoms with E-state index in [0.717, 1.165) is 35.7 Å². The van der Waals surface area contributed by atoms with Gasteiger partial charge in [-0.3, -0.25) is 4.79 Å². The number of amides is 1. The van der Waals surface area contributed by atoms with Gasteiger partial charge in [0.25, 0.3) is 0 Å². The second-order valence-corrected chi connectivity index (χ2v) is 7.86. The van der Waals surface area contributed by atoms with Crippen LogP contribution in [0.15, 0.2) is 60.8 Å². The van der Waals surface area contributed by atoms with Crippen LogP contribution in [-0.4, -0.2) is 41.2 Å². The van der Waals surface area contributed by atoms with Gasteiger partial charge in [0.1, 0.15) is 0 Å². The van der Waals surface area contributed by atoms with Crippen molar-refractivity contribution in [2.75, 3.05) is 28.6 Å². The summed E-state index contributed by atoms with van der Waals surface area (Å²) in [4.78, 5) is 22.5. The quantitative estimate of drug-likeness (QED) is 0.638. The largest absolute Gasteiger partial charge is 0.372 e. The lowest BCUT2D eigenvalue weighted by Crippen LogP contribution is -2.45. The van der Waals surface area contributed by atoms with E-state index in [1.807, 2.05) is 42.5 Å². The van der Waals surface area contributed by atoms with Crippen LogP contribution in [0.1, 0.15) is 20.8 Å². The fraction of sp³-hybridized carbons (Fsp3) is 0.292. The monoisotopic (exact) mass is 417 g/mol. The number of anilines is 4. The Morgan fingerprint density at radius 2 is 1.61 bits per heavy atom. The van der Waals surface area contributed by atoms with Gasteiger partial charge in [-0.25, -0.2) is 9.97 Å². The number of hydrogen-bond donors (Lipinski definition) is 2. The van der Waals surface area contributed by atoms with Crippen LogP contribution in [0, 0.1) is 0 Å². The van der Waals surface area contributed by atoms with E-state index in [1.165, 1.54) is 12.6 Å². The lowest BCUT2D eigenvalue weighted by Gasteiger charge is -2.36. The van der Waals surface area contributed by atoms with Crippen molar-refractivity contribution in [2.45, 2.75) is 33.0 Å². The van der Waals surface area contributed by atoms with E-state index in [4.69, 9.17) is 4.74 Å².